The number of aliphatic hydroxyl groups is 3. The molecule has 0 bridgehead atoms. The van der Waals surface area contributed by atoms with E-state index in [2.05, 4.69) is 0 Å². The molecule has 0 amide bonds. The van der Waals surface area contributed by atoms with Crippen LogP contribution >= 0.6 is 0 Å². The molecule has 0 spiro atoms. The minimum absolute atomic E-state index is 0.0484. The molecule has 4 aliphatic rings. The van der Waals surface area contributed by atoms with E-state index in [1.807, 2.05) is 0 Å². The summed E-state index contributed by atoms with van der Waals surface area (Å²) in [6, 6.07) is 0. The molecule has 3 saturated carbocycles. The van der Waals surface area contributed by atoms with E-state index in [-0.39, 0.29) is 24.7 Å². The number of hydrogen-bond donors (Lipinski definition) is 3. The summed E-state index contributed by atoms with van der Waals surface area (Å²) in [5.41, 5.74) is -3.59. The van der Waals surface area contributed by atoms with E-state index >= 15 is 4.39 Å². The summed E-state index contributed by atoms with van der Waals surface area (Å²) in [5, 5.41) is 31.5. The van der Waals surface area contributed by atoms with Crippen molar-refractivity contribution in [3.63, 3.8) is 0 Å². The fourth-order valence-electron chi connectivity index (χ4n) is 7.02. The Morgan fingerprint density at radius 3 is 2.61 bits per heavy atom. The summed E-state index contributed by atoms with van der Waals surface area (Å²) in [4.78, 5) is 24.1. The van der Waals surface area contributed by atoms with E-state index < -0.39 is 58.3 Å². The highest BCUT2D eigenvalue weighted by Gasteiger charge is 2.69. The fourth-order valence-corrected chi connectivity index (χ4v) is 7.02. The highest BCUT2D eigenvalue weighted by Crippen LogP contribution is 2.68. The van der Waals surface area contributed by atoms with Gasteiger partial charge in [0.2, 0.25) is 11.6 Å². The van der Waals surface area contributed by atoms with Gasteiger partial charge >= 0.3 is 0 Å². The number of ketones is 2. The van der Waals surface area contributed by atoms with Crippen LogP contribution in [0.2, 0.25) is 0 Å². The Bertz CT molecular complexity index is 820. The van der Waals surface area contributed by atoms with E-state index in [9.17, 15) is 29.3 Å². The number of carbonyl (C=O) groups is 2. The van der Waals surface area contributed by atoms with Crippen LogP contribution in [0.25, 0.3) is 0 Å². The van der Waals surface area contributed by atoms with E-state index in [0.717, 1.165) is 6.08 Å². The number of allylic oxidation sites excluding steroid dienone is 4. The average Bonchev–Trinajstić information content (AvgIpc) is 2.92. The van der Waals surface area contributed by atoms with E-state index in [1.165, 1.54) is 0 Å². The third kappa shape index (κ3) is 2.15. The van der Waals surface area contributed by atoms with Crippen LogP contribution in [-0.4, -0.2) is 45.2 Å². The normalized spacial score (nSPS) is 48.0. The lowest BCUT2D eigenvalue weighted by atomic mass is 9.46. The van der Waals surface area contributed by atoms with Crippen molar-refractivity contribution in [2.45, 2.75) is 57.7 Å². The van der Waals surface area contributed by atoms with Crippen LogP contribution in [0.3, 0.4) is 0 Å². The van der Waals surface area contributed by atoms with Gasteiger partial charge in [-0.2, -0.15) is 4.39 Å². The van der Waals surface area contributed by atoms with Crippen molar-refractivity contribution in [1.82, 2.24) is 0 Å². The predicted molar refractivity (Wildman–Crippen MR) is 95.2 cm³/mol. The Labute approximate surface area is 162 Å². The van der Waals surface area contributed by atoms with Crippen molar-refractivity contribution in [3.8, 4) is 0 Å². The van der Waals surface area contributed by atoms with Crippen LogP contribution in [0.1, 0.15) is 46.0 Å². The van der Waals surface area contributed by atoms with Gasteiger partial charge in [-0.3, -0.25) is 9.59 Å². The molecule has 28 heavy (non-hydrogen) atoms. The van der Waals surface area contributed by atoms with Crippen molar-refractivity contribution >= 4 is 11.6 Å². The number of rotatable bonds is 2. The predicted octanol–water partition coefficient (Wildman–Crippen LogP) is 2.15. The molecule has 0 aliphatic heterocycles. The summed E-state index contributed by atoms with van der Waals surface area (Å²) in [7, 11) is 0. The quantitative estimate of drug-likeness (QED) is 0.665. The molecule has 0 radical (unpaired) electrons. The zero-order chi connectivity index (χ0) is 20.6. The molecule has 7 heteroatoms. The first-order chi connectivity index (χ1) is 13.0. The second-order valence-corrected chi connectivity index (χ2v) is 9.37. The Kier molecular flexibility index (Phi) is 4.28. The molecule has 0 saturated heterocycles. The van der Waals surface area contributed by atoms with Gasteiger partial charge in [0, 0.05) is 16.7 Å². The number of Topliss-reactive ketones (excluding diaryl/α,β-unsaturated/α-hetero) is 1. The fraction of sp³-hybridized carbons (Fsp3) is 0.714. The van der Waals surface area contributed by atoms with Gasteiger partial charge in [0.15, 0.2) is 5.78 Å². The van der Waals surface area contributed by atoms with E-state index in [4.69, 9.17) is 0 Å². The van der Waals surface area contributed by atoms with Crippen molar-refractivity contribution in [3.05, 3.63) is 23.3 Å². The second kappa shape index (κ2) is 6.03. The van der Waals surface area contributed by atoms with Gasteiger partial charge < -0.3 is 15.3 Å². The first kappa shape index (κ1) is 19.9. The topological polar surface area (TPSA) is 94.8 Å². The Morgan fingerprint density at radius 1 is 1.29 bits per heavy atom. The minimum Gasteiger partial charge on any atom is -0.393 e. The molecule has 3 N–H and O–H groups in total. The number of hydrogen-bond acceptors (Lipinski definition) is 5. The van der Waals surface area contributed by atoms with Crippen LogP contribution in [0.15, 0.2) is 23.3 Å². The minimum atomic E-state index is -1.74. The zero-order valence-corrected chi connectivity index (χ0v) is 16.0. The molecule has 7 atom stereocenters. The Morgan fingerprint density at radius 2 is 1.96 bits per heavy atom. The van der Waals surface area contributed by atoms with Gasteiger partial charge in [-0.1, -0.05) is 12.5 Å². The van der Waals surface area contributed by atoms with Gasteiger partial charge in [-0.25, -0.2) is 4.39 Å². The highest BCUT2D eigenvalue weighted by atomic mass is 19.2. The first-order valence-electron chi connectivity index (χ1n) is 9.88. The molecule has 0 unspecified atom stereocenters. The maximum atomic E-state index is 15.1. The van der Waals surface area contributed by atoms with Gasteiger partial charge in [-0.15, -0.1) is 0 Å². The maximum Gasteiger partial charge on any atom is 0.216 e. The summed E-state index contributed by atoms with van der Waals surface area (Å²) < 4.78 is 29.3. The monoisotopic (exact) mass is 396 g/mol. The molecular weight excluding hydrogens is 370 g/mol. The van der Waals surface area contributed by atoms with Crippen molar-refractivity contribution < 1.29 is 33.7 Å². The summed E-state index contributed by atoms with van der Waals surface area (Å²) >= 11 is 0. The molecule has 5 nitrogen and oxygen atoms in total. The van der Waals surface area contributed by atoms with Crippen molar-refractivity contribution in [2.75, 3.05) is 6.61 Å². The molecule has 0 aromatic rings. The van der Waals surface area contributed by atoms with Crippen LogP contribution in [-0.2, 0) is 9.59 Å². The Balaban J connectivity index is 1.80. The number of aliphatic hydroxyl groups excluding tert-OH is 2. The molecule has 4 rings (SSSR count). The molecule has 0 aromatic carbocycles. The standard InChI is InChI=1S/C21H26F2O5/c1-19-8-14(26)16-11(12(19)5-6-21(19,28)15(27)9-24)4-3-10-7-13(25)17(22)18(23)20(10,16)2/h7,11-12,14,16,24,26,28H,3-6,8-9H2,1-2H3/t11-,12-,14-,16+,19-,20-,21-/m0/s1. The molecule has 154 valence electrons. The highest BCUT2D eigenvalue weighted by molar-refractivity contribution is 6.04. The largest absolute Gasteiger partial charge is 0.393 e. The van der Waals surface area contributed by atoms with E-state index in [0.29, 0.717) is 24.8 Å². The van der Waals surface area contributed by atoms with Crippen molar-refractivity contribution in [2.24, 2.45) is 28.6 Å². The lowest BCUT2D eigenvalue weighted by Crippen LogP contribution is -2.62. The second-order valence-electron chi connectivity index (χ2n) is 9.37. The summed E-state index contributed by atoms with van der Waals surface area (Å²) in [6.45, 7) is 2.52. The maximum absolute atomic E-state index is 15.1. The third-order valence-electron chi connectivity index (χ3n) is 8.46. The molecule has 3 fully saturated rings. The summed E-state index contributed by atoms with van der Waals surface area (Å²) in [5.74, 6) is -5.20. The van der Waals surface area contributed by atoms with Crippen molar-refractivity contribution in [1.29, 1.82) is 0 Å². The third-order valence-corrected chi connectivity index (χ3v) is 8.46. The van der Waals surface area contributed by atoms with Crippen LogP contribution in [0, 0.1) is 28.6 Å². The molecule has 4 aliphatic carbocycles. The lowest BCUT2D eigenvalue weighted by molar-refractivity contribution is -0.180. The number of halogens is 2. The van der Waals surface area contributed by atoms with E-state index in [1.54, 1.807) is 13.8 Å². The van der Waals surface area contributed by atoms with Crippen LogP contribution < -0.4 is 0 Å². The van der Waals surface area contributed by atoms with Gasteiger partial charge in [0.05, 0.1) is 6.10 Å². The van der Waals surface area contributed by atoms with Gasteiger partial charge in [0.1, 0.15) is 18.0 Å². The van der Waals surface area contributed by atoms with Crippen LogP contribution in [0.4, 0.5) is 8.78 Å². The SMILES string of the molecule is C[C@@]12C(=CC(=O)C(F)=C1F)CC[C@@H]1[C@@H]2[C@@H](O)C[C@@]2(C)[C@H]1CC[C@]2(O)C(=O)CO. The molecule has 0 aromatic heterocycles. The first-order valence-corrected chi connectivity index (χ1v) is 9.88. The molecule has 0 heterocycles. The van der Waals surface area contributed by atoms with Gasteiger partial charge in [-0.05, 0) is 56.9 Å². The van der Waals surface area contributed by atoms with Crippen LogP contribution in [0.5, 0.6) is 0 Å². The Hall–Kier alpha value is -1.44. The molecular formula is C21H26F2O5. The average molecular weight is 396 g/mol. The smallest absolute Gasteiger partial charge is 0.216 e. The zero-order valence-electron chi connectivity index (χ0n) is 16.0. The van der Waals surface area contributed by atoms with Gasteiger partial charge in [0.25, 0.3) is 0 Å². The summed E-state index contributed by atoms with van der Waals surface area (Å²) in [6.07, 6.45) is 1.78. The lowest BCUT2D eigenvalue weighted by Gasteiger charge is -2.59. The number of carbonyl (C=O) groups excluding carboxylic acids is 2. The number of fused-ring (bicyclic) bond motifs is 5.